The average molecular weight is 462 g/mol. The van der Waals surface area contributed by atoms with Crippen LogP contribution in [0.5, 0.6) is 0 Å². The molecule has 2 atom stereocenters. The summed E-state index contributed by atoms with van der Waals surface area (Å²) >= 11 is 5.81. The topological polar surface area (TPSA) is 90.7 Å². The van der Waals surface area contributed by atoms with Gasteiger partial charge in [0.25, 0.3) is 5.91 Å². The maximum atomic E-state index is 13.4. The highest BCUT2D eigenvalue weighted by atomic mass is 35.5. The minimum absolute atomic E-state index is 0.0674. The van der Waals surface area contributed by atoms with E-state index in [0.29, 0.717) is 43.4 Å². The highest BCUT2D eigenvalue weighted by Gasteiger charge is 2.40. The van der Waals surface area contributed by atoms with E-state index in [0.717, 1.165) is 24.1 Å². The van der Waals surface area contributed by atoms with E-state index >= 15 is 0 Å². The predicted molar refractivity (Wildman–Crippen MR) is 116 cm³/mol. The van der Waals surface area contributed by atoms with Crippen molar-refractivity contribution < 1.29 is 19.1 Å². The van der Waals surface area contributed by atoms with Crippen LogP contribution in [0.1, 0.15) is 34.6 Å². The van der Waals surface area contributed by atoms with Crippen LogP contribution >= 0.6 is 11.6 Å². The quantitative estimate of drug-likeness (QED) is 0.735. The van der Waals surface area contributed by atoms with Crippen molar-refractivity contribution in [1.82, 2.24) is 19.6 Å². The fourth-order valence-corrected chi connectivity index (χ4v) is 4.86. The summed E-state index contributed by atoms with van der Waals surface area (Å²) in [5, 5.41) is 18.0. The molecule has 32 heavy (non-hydrogen) atoms. The summed E-state index contributed by atoms with van der Waals surface area (Å²) in [5.74, 6) is -0.449. The fraction of sp³-hybridized carbons (Fsp3) is 0.500. The van der Waals surface area contributed by atoms with Gasteiger partial charge in [-0.25, -0.2) is 9.18 Å². The molecule has 2 aliphatic heterocycles. The first-order valence-corrected chi connectivity index (χ1v) is 11.2. The lowest BCUT2D eigenvalue weighted by atomic mass is 9.98. The second kappa shape index (κ2) is 8.04. The molecular weight excluding hydrogens is 437 g/mol. The van der Waals surface area contributed by atoms with Crippen LogP contribution in [0, 0.1) is 17.7 Å². The maximum Gasteiger partial charge on any atom is 0.322 e. The van der Waals surface area contributed by atoms with E-state index in [1.165, 1.54) is 18.2 Å². The summed E-state index contributed by atoms with van der Waals surface area (Å²) in [6.45, 7) is 1.66. The molecule has 0 bridgehead atoms. The van der Waals surface area contributed by atoms with E-state index in [-0.39, 0.29) is 29.4 Å². The minimum atomic E-state index is -0.553. The number of hydrogen-bond acceptors (Lipinski definition) is 4. The first-order valence-electron chi connectivity index (χ1n) is 10.8. The number of amides is 3. The maximum absolute atomic E-state index is 13.4. The fourth-order valence-electron chi connectivity index (χ4n) is 4.68. The van der Waals surface area contributed by atoms with E-state index in [1.54, 1.807) is 21.5 Å². The van der Waals surface area contributed by atoms with Crippen LogP contribution in [0.3, 0.4) is 0 Å². The number of carbonyl (C=O) groups is 2. The molecule has 2 aromatic rings. The van der Waals surface area contributed by atoms with Gasteiger partial charge in [-0.2, -0.15) is 5.10 Å². The van der Waals surface area contributed by atoms with Gasteiger partial charge in [0.2, 0.25) is 0 Å². The molecule has 1 saturated carbocycles. The Morgan fingerprint density at radius 1 is 1.31 bits per heavy atom. The van der Waals surface area contributed by atoms with E-state index in [9.17, 15) is 19.1 Å². The Bertz CT molecular complexity index is 1090. The van der Waals surface area contributed by atoms with E-state index in [2.05, 4.69) is 10.4 Å². The Labute approximate surface area is 189 Å². The van der Waals surface area contributed by atoms with Gasteiger partial charge in [0, 0.05) is 50.3 Å². The third-order valence-electron chi connectivity index (χ3n) is 6.61. The number of halogens is 2. The molecule has 0 spiro atoms. The SMILES string of the molecule is CN1CC(C(O)C2CC2)Cn2nc3c(c2C1=O)CN(C(=O)Nc1ccc(F)c(Cl)c1)CC3. The molecule has 1 aromatic heterocycles. The Morgan fingerprint density at radius 2 is 2.09 bits per heavy atom. The molecule has 2 unspecified atom stereocenters. The standard InChI is InChI=1S/C22H25ClFN5O3/c1-27-9-13(20(30)12-2-3-12)10-29-19(21(27)31)15-11-28(7-6-18(15)26-29)22(32)25-14-4-5-17(24)16(23)8-14/h4-5,8,12-13,20,30H,2-3,6-7,9-11H2,1H3,(H,25,32). The first-order chi connectivity index (χ1) is 15.3. The van der Waals surface area contributed by atoms with Crippen LogP contribution in [-0.2, 0) is 19.5 Å². The number of rotatable bonds is 3. The summed E-state index contributed by atoms with van der Waals surface area (Å²) in [7, 11) is 1.75. The lowest BCUT2D eigenvalue weighted by molar-refractivity contribution is 0.0545. The zero-order chi connectivity index (χ0) is 22.6. The van der Waals surface area contributed by atoms with Crippen LogP contribution in [0.2, 0.25) is 5.02 Å². The molecule has 1 fully saturated rings. The van der Waals surface area contributed by atoms with Gasteiger partial charge in [0.1, 0.15) is 11.5 Å². The summed E-state index contributed by atoms with van der Waals surface area (Å²) in [5.41, 5.74) is 2.46. The summed E-state index contributed by atoms with van der Waals surface area (Å²) in [6, 6.07) is 3.66. The van der Waals surface area contributed by atoms with Gasteiger partial charge in [-0.05, 0) is 37.0 Å². The summed E-state index contributed by atoms with van der Waals surface area (Å²) < 4.78 is 15.1. The summed E-state index contributed by atoms with van der Waals surface area (Å²) in [4.78, 5) is 29.3. The molecule has 5 rings (SSSR count). The number of anilines is 1. The number of nitrogens with zero attached hydrogens (tertiary/aromatic N) is 4. The normalized spacial score (nSPS) is 21.6. The number of nitrogens with one attached hydrogen (secondary N) is 1. The van der Waals surface area contributed by atoms with Crippen molar-refractivity contribution in [1.29, 1.82) is 0 Å². The monoisotopic (exact) mass is 461 g/mol. The zero-order valence-corrected chi connectivity index (χ0v) is 18.5. The number of aliphatic hydroxyl groups excluding tert-OH is 1. The lowest BCUT2D eigenvalue weighted by Gasteiger charge is -2.28. The zero-order valence-electron chi connectivity index (χ0n) is 17.7. The van der Waals surface area contributed by atoms with Crippen LogP contribution in [-0.4, -0.2) is 62.9 Å². The van der Waals surface area contributed by atoms with Crippen LogP contribution in [0.25, 0.3) is 0 Å². The van der Waals surface area contributed by atoms with Gasteiger partial charge in [-0.15, -0.1) is 0 Å². The number of aromatic nitrogens is 2. The molecule has 8 nitrogen and oxygen atoms in total. The Balaban J connectivity index is 1.37. The van der Waals surface area contributed by atoms with E-state index in [4.69, 9.17) is 11.6 Å². The third-order valence-corrected chi connectivity index (χ3v) is 6.90. The number of fused-ring (bicyclic) bond motifs is 3. The van der Waals surface area contributed by atoms with Crippen molar-refractivity contribution >= 4 is 29.2 Å². The molecule has 0 saturated heterocycles. The first kappa shape index (κ1) is 21.2. The number of urea groups is 1. The molecule has 1 aliphatic carbocycles. The molecule has 3 heterocycles. The predicted octanol–water partition coefficient (Wildman–Crippen LogP) is 2.74. The molecule has 170 valence electrons. The molecule has 0 radical (unpaired) electrons. The molecule has 3 amide bonds. The molecule has 1 aromatic carbocycles. The highest BCUT2D eigenvalue weighted by molar-refractivity contribution is 6.31. The molecule has 2 N–H and O–H groups in total. The smallest absolute Gasteiger partial charge is 0.322 e. The van der Waals surface area contributed by atoms with Crippen molar-refractivity contribution in [3.8, 4) is 0 Å². The van der Waals surface area contributed by atoms with Gasteiger partial charge in [-0.1, -0.05) is 11.6 Å². The van der Waals surface area contributed by atoms with Crippen molar-refractivity contribution in [2.45, 2.75) is 38.5 Å². The van der Waals surface area contributed by atoms with Crippen molar-refractivity contribution in [3.63, 3.8) is 0 Å². The Morgan fingerprint density at radius 3 is 2.81 bits per heavy atom. The third kappa shape index (κ3) is 3.84. The second-order valence-corrected chi connectivity index (χ2v) is 9.37. The second-order valence-electron chi connectivity index (χ2n) is 8.96. The van der Waals surface area contributed by atoms with E-state index in [1.807, 2.05) is 0 Å². The lowest BCUT2D eigenvalue weighted by Crippen LogP contribution is -2.40. The van der Waals surface area contributed by atoms with Gasteiger partial charge < -0.3 is 20.2 Å². The van der Waals surface area contributed by atoms with Crippen molar-refractivity contribution in [2.75, 3.05) is 25.5 Å². The van der Waals surface area contributed by atoms with Crippen molar-refractivity contribution in [3.05, 3.63) is 46.0 Å². The van der Waals surface area contributed by atoms with Crippen molar-refractivity contribution in [2.24, 2.45) is 11.8 Å². The van der Waals surface area contributed by atoms with Crippen LogP contribution in [0.4, 0.5) is 14.9 Å². The number of hydrogen-bond donors (Lipinski definition) is 2. The van der Waals surface area contributed by atoms with Gasteiger partial charge in [0.15, 0.2) is 0 Å². The van der Waals surface area contributed by atoms with Gasteiger partial charge >= 0.3 is 6.03 Å². The molecule has 10 heteroatoms. The number of benzene rings is 1. The highest BCUT2D eigenvalue weighted by Crippen LogP contribution is 2.37. The number of aliphatic hydroxyl groups is 1. The largest absolute Gasteiger partial charge is 0.392 e. The Kier molecular flexibility index (Phi) is 5.33. The molecule has 3 aliphatic rings. The van der Waals surface area contributed by atoms with Crippen LogP contribution in [0.15, 0.2) is 18.2 Å². The number of carbonyl (C=O) groups excluding carboxylic acids is 2. The Hall–Kier alpha value is -2.65. The van der Waals surface area contributed by atoms with E-state index < -0.39 is 11.9 Å². The van der Waals surface area contributed by atoms with Gasteiger partial charge in [-0.3, -0.25) is 9.48 Å². The minimum Gasteiger partial charge on any atom is -0.392 e. The van der Waals surface area contributed by atoms with Gasteiger partial charge in [0.05, 0.1) is 23.4 Å². The average Bonchev–Trinajstić information content (AvgIpc) is 3.56. The van der Waals surface area contributed by atoms with Crippen LogP contribution < -0.4 is 5.32 Å². The summed E-state index contributed by atoms with van der Waals surface area (Å²) in [6.07, 6.45) is 2.14. The molecular formula is C22H25ClFN5O3.